The molecule has 1 fully saturated rings. The third-order valence-electron chi connectivity index (χ3n) is 3.82. The summed E-state index contributed by atoms with van der Waals surface area (Å²) in [6, 6.07) is 5.50. The fraction of sp³-hybridized carbons (Fsp3) is 0.600. The molecule has 0 heterocycles. The number of benzene rings is 1. The second-order valence-corrected chi connectivity index (χ2v) is 5.41. The molecule has 1 N–H and O–H groups in total. The van der Waals surface area contributed by atoms with E-state index in [1.807, 2.05) is 13.0 Å². The maximum absolute atomic E-state index is 13.2. The lowest BCUT2D eigenvalue weighted by molar-refractivity contribution is 0.502. The maximum Gasteiger partial charge on any atom is 0.125 e. The molecular formula is C15H22FN. The minimum Gasteiger partial charge on any atom is -0.382 e. The molecule has 1 aliphatic carbocycles. The zero-order valence-corrected chi connectivity index (χ0v) is 10.8. The first-order valence-corrected chi connectivity index (χ1v) is 6.68. The highest BCUT2D eigenvalue weighted by atomic mass is 19.1. The molecule has 0 aromatic heterocycles. The fourth-order valence-electron chi connectivity index (χ4n) is 2.60. The highest BCUT2D eigenvalue weighted by molar-refractivity contribution is 5.51. The average Bonchev–Trinajstić information content (AvgIpc) is 2.49. The first-order valence-electron chi connectivity index (χ1n) is 6.68. The van der Waals surface area contributed by atoms with Gasteiger partial charge in [-0.05, 0) is 49.8 Å². The second kappa shape index (κ2) is 5.52. The summed E-state index contributed by atoms with van der Waals surface area (Å²) in [6.45, 7) is 4.36. The van der Waals surface area contributed by atoms with Crippen molar-refractivity contribution < 1.29 is 4.39 Å². The van der Waals surface area contributed by atoms with E-state index in [1.54, 1.807) is 6.07 Å². The van der Waals surface area contributed by atoms with Crippen molar-refractivity contribution in [3.8, 4) is 0 Å². The Kier molecular flexibility index (Phi) is 4.03. The van der Waals surface area contributed by atoms with E-state index >= 15 is 0 Å². The van der Waals surface area contributed by atoms with Crippen LogP contribution >= 0.6 is 0 Å². The molecule has 2 rings (SSSR count). The number of anilines is 1. The van der Waals surface area contributed by atoms with Gasteiger partial charge in [-0.3, -0.25) is 0 Å². The Bertz CT molecular complexity index is 375. The molecular weight excluding hydrogens is 213 g/mol. The standard InChI is InChI=1S/C15H22FN/c1-11-4-3-5-14(9-6-11)17-15-10-13(16)8-7-12(15)2/h7-8,10-11,14,17H,3-6,9H2,1-2H3. The minimum absolute atomic E-state index is 0.153. The topological polar surface area (TPSA) is 12.0 Å². The van der Waals surface area contributed by atoms with Crippen molar-refractivity contribution in [1.29, 1.82) is 0 Å². The first-order chi connectivity index (χ1) is 8.15. The molecule has 0 spiro atoms. The van der Waals surface area contributed by atoms with Gasteiger partial charge >= 0.3 is 0 Å². The number of hydrogen-bond acceptors (Lipinski definition) is 1. The van der Waals surface area contributed by atoms with Crippen LogP contribution in [0.3, 0.4) is 0 Å². The predicted molar refractivity (Wildman–Crippen MR) is 70.8 cm³/mol. The molecule has 1 saturated carbocycles. The van der Waals surface area contributed by atoms with Crippen LogP contribution < -0.4 is 5.32 Å². The summed E-state index contributed by atoms with van der Waals surface area (Å²) >= 11 is 0. The zero-order valence-electron chi connectivity index (χ0n) is 10.8. The van der Waals surface area contributed by atoms with Crippen LogP contribution in [0.2, 0.25) is 0 Å². The van der Waals surface area contributed by atoms with Crippen molar-refractivity contribution in [3.63, 3.8) is 0 Å². The molecule has 0 radical (unpaired) electrons. The van der Waals surface area contributed by atoms with E-state index in [2.05, 4.69) is 12.2 Å². The van der Waals surface area contributed by atoms with Gasteiger partial charge in [0.15, 0.2) is 0 Å². The van der Waals surface area contributed by atoms with Crippen LogP contribution in [0.5, 0.6) is 0 Å². The van der Waals surface area contributed by atoms with Gasteiger partial charge in [0, 0.05) is 11.7 Å². The van der Waals surface area contributed by atoms with Crippen LogP contribution in [0.1, 0.15) is 44.6 Å². The lowest BCUT2D eigenvalue weighted by Gasteiger charge is -2.19. The molecule has 94 valence electrons. The van der Waals surface area contributed by atoms with Crippen molar-refractivity contribution in [3.05, 3.63) is 29.6 Å². The molecule has 1 aliphatic rings. The quantitative estimate of drug-likeness (QED) is 0.743. The molecule has 0 bridgehead atoms. The minimum atomic E-state index is -0.153. The number of rotatable bonds is 2. The van der Waals surface area contributed by atoms with Crippen molar-refractivity contribution in [2.75, 3.05) is 5.32 Å². The Morgan fingerprint density at radius 3 is 2.82 bits per heavy atom. The summed E-state index contributed by atoms with van der Waals surface area (Å²) < 4.78 is 13.2. The highest BCUT2D eigenvalue weighted by Crippen LogP contribution is 2.26. The zero-order chi connectivity index (χ0) is 12.3. The smallest absolute Gasteiger partial charge is 0.125 e. The molecule has 2 unspecified atom stereocenters. The van der Waals surface area contributed by atoms with Gasteiger partial charge in [0.05, 0.1) is 0 Å². The summed E-state index contributed by atoms with van der Waals surface area (Å²) in [4.78, 5) is 0. The van der Waals surface area contributed by atoms with E-state index in [0.717, 1.165) is 17.2 Å². The molecule has 17 heavy (non-hydrogen) atoms. The number of hydrogen-bond donors (Lipinski definition) is 1. The number of halogens is 1. The van der Waals surface area contributed by atoms with E-state index < -0.39 is 0 Å². The van der Waals surface area contributed by atoms with Gasteiger partial charge in [-0.1, -0.05) is 25.8 Å². The van der Waals surface area contributed by atoms with Gasteiger partial charge in [-0.15, -0.1) is 0 Å². The fourth-order valence-corrected chi connectivity index (χ4v) is 2.60. The van der Waals surface area contributed by atoms with Crippen LogP contribution in [0.4, 0.5) is 10.1 Å². The van der Waals surface area contributed by atoms with Gasteiger partial charge in [-0.25, -0.2) is 4.39 Å². The second-order valence-electron chi connectivity index (χ2n) is 5.41. The molecule has 1 aromatic rings. The highest BCUT2D eigenvalue weighted by Gasteiger charge is 2.16. The van der Waals surface area contributed by atoms with Gasteiger partial charge in [0.2, 0.25) is 0 Å². The van der Waals surface area contributed by atoms with E-state index in [-0.39, 0.29) is 5.82 Å². The Hall–Kier alpha value is -1.05. The largest absolute Gasteiger partial charge is 0.382 e. The SMILES string of the molecule is Cc1ccc(F)cc1NC1CCCC(C)CC1. The predicted octanol–water partition coefficient (Wildman–Crippen LogP) is 4.51. The molecule has 2 heteroatoms. The van der Waals surface area contributed by atoms with Gasteiger partial charge in [-0.2, -0.15) is 0 Å². The summed E-state index contributed by atoms with van der Waals surface area (Å²) in [6.07, 6.45) is 6.32. The van der Waals surface area contributed by atoms with Gasteiger partial charge in [0.1, 0.15) is 5.82 Å². The molecule has 1 aromatic carbocycles. The molecule has 0 saturated heterocycles. The Morgan fingerprint density at radius 1 is 1.18 bits per heavy atom. The van der Waals surface area contributed by atoms with Crippen LogP contribution in [-0.2, 0) is 0 Å². The van der Waals surface area contributed by atoms with Crippen LogP contribution in [0.15, 0.2) is 18.2 Å². The Balaban J connectivity index is 2.02. The number of aryl methyl sites for hydroxylation is 1. The van der Waals surface area contributed by atoms with Crippen molar-refractivity contribution in [2.45, 2.75) is 52.0 Å². The van der Waals surface area contributed by atoms with Gasteiger partial charge in [0.25, 0.3) is 0 Å². The maximum atomic E-state index is 13.2. The third kappa shape index (κ3) is 3.45. The molecule has 0 aliphatic heterocycles. The Labute approximate surface area is 103 Å². The average molecular weight is 235 g/mol. The lowest BCUT2D eigenvalue weighted by atomic mass is 10.0. The number of nitrogens with one attached hydrogen (secondary N) is 1. The molecule has 2 atom stereocenters. The van der Waals surface area contributed by atoms with Crippen LogP contribution in [0, 0.1) is 18.7 Å². The van der Waals surface area contributed by atoms with Gasteiger partial charge < -0.3 is 5.32 Å². The summed E-state index contributed by atoms with van der Waals surface area (Å²) in [5.41, 5.74) is 2.09. The van der Waals surface area contributed by atoms with E-state index in [1.165, 1.54) is 38.2 Å². The summed E-state index contributed by atoms with van der Waals surface area (Å²) in [7, 11) is 0. The Morgan fingerprint density at radius 2 is 2.00 bits per heavy atom. The van der Waals surface area contributed by atoms with Crippen LogP contribution in [0.25, 0.3) is 0 Å². The van der Waals surface area contributed by atoms with E-state index in [4.69, 9.17) is 0 Å². The van der Waals surface area contributed by atoms with Crippen molar-refractivity contribution in [2.24, 2.45) is 5.92 Å². The molecule has 1 nitrogen and oxygen atoms in total. The van der Waals surface area contributed by atoms with Crippen molar-refractivity contribution >= 4 is 5.69 Å². The lowest BCUT2D eigenvalue weighted by Crippen LogP contribution is -2.19. The van der Waals surface area contributed by atoms with Crippen molar-refractivity contribution in [1.82, 2.24) is 0 Å². The summed E-state index contributed by atoms with van der Waals surface area (Å²) in [5.74, 6) is 0.690. The molecule has 0 amide bonds. The van der Waals surface area contributed by atoms with E-state index in [0.29, 0.717) is 6.04 Å². The summed E-state index contributed by atoms with van der Waals surface area (Å²) in [5, 5.41) is 3.51. The normalized spacial score (nSPS) is 25.4. The third-order valence-corrected chi connectivity index (χ3v) is 3.82. The van der Waals surface area contributed by atoms with E-state index in [9.17, 15) is 4.39 Å². The van der Waals surface area contributed by atoms with Crippen LogP contribution in [-0.4, -0.2) is 6.04 Å². The first kappa shape index (κ1) is 12.4. The monoisotopic (exact) mass is 235 g/mol.